The maximum absolute atomic E-state index is 2.34. The van der Waals surface area contributed by atoms with Gasteiger partial charge in [0, 0.05) is 12.7 Å². The maximum atomic E-state index is 2.34. The largest absolute Gasteiger partial charge is 0.0866 e. The van der Waals surface area contributed by atoms with E-state index in [0.29, 0.717) is 0 Å². The van der Waals surface area contributed by atoms with E-state index in [4.69, 9.17) is 0 Å². The summed E-state index contributed by atoms with van der Waals surface area (Å²) in [7, 11) is 0. The third kappa shape index (κ3) is 7.90. The topological polar surface area (TPSA) is 0 Å². The molecule has 3 heterocycles. The van der Waals surface area contributed by atoms with Gasteiger partial charge < -0.3 is 0 Å². The van der Waals surface area contributed by atoms with Crippen molar-refractivity contribution in [2.24, 2.45) is 0 Å². The summed E-state index contributed by atoms with van der Waals surface area (Å²) in [5.41, 5.74) is 11.1. The van der Waals surface area contributed by atoms with Crippen LogP contribution >= 0.6 is 70.6 Å². The number of rotatable bonds is 6. The van der Waals surface area contributed by atoms with Gasteiger partial charge in [0.25, 0.3) is 0 Å². The minimum absolute atomic E-state index is 1.22. The summed E-state index contributed by atoms with van der Waals surface area (Å²) >= 11 is 11.3. The molecule has 0 aliphatic carbocycles. The molecular weight excluding hydrogens is 697 g/mol. The lowest BCUT2D eigenvalue weighted by Gasteiger charge is -2.12. The molecule has 0 amide bonds. The zero-order valence-corrected chi connectivity index (χ0v) is 32.7. The molecule has 0 atom stereocenters. The molecule has 4 aromatic carbocycles. The lowest BCUT2D eigenvalue weighted by Crippen LogP contribution is -1.87. The van der Waals surface area contributed by atoms with Crippen molar-refractivity contribution in [2.75, 3.05) is 0 Å². The minimum atomic E-state index is 1.22. The Morgan fingerprint density at radius 1 is 0.292 bits per heavy atom. The van der Waals surface area contributed by atoms with Crippen molar-refractivity contribution in [3.8, 4) is 33.4 Å². The second kappa shape index (κ2) is 14.7. The molecule has 7 rings (SSSR count). The number of allylic oxidation sites excluding steroid dienone is 6. The van der Waals surface area contributed by atoms with Crippen LogP contribution in [0.2, 0.25) is 0 Å². The zero-order valence-electron chi connectivity index (χ0n) is 27.8. The summed E-state index contributed by atoms with van der Waals surface area (Å²) in [6, 6.07) is 34.1. The van der Waals surface area contributed by atoms with Gasteiger partial charge in [-0.25, -0.2) is 0 Å². The van der Waals surface area contributed by atoms with Crippen molar-refractivity contribution in [1.82, 2.24) is 0 Å². The van der Waals surface area contributed by atoms with Gasteiger partial charge in [-0.05, 0) is 157 Å². The highest BCUT2D eigenvalue weighted by Crippen LogP contribution is 2.51. The van der Waals surface area contributed by atoms with Crippen LogP contribution in [0.15, 0.2) is 133 Å². The van der Waals surface area contributed by atoms with E-state index in [1.54, 1.807) is 0 Å². The molecule has 0 unspecified atom stereocenters. The average molecular weight is 733 g/mol. The molecule has 0 radical (unpaired) electrons. The number of benzene rings is 4. The van der Waals surface area contributed by atoms with E-state index in [-0.39, 0.29) is 0 Å². The summed E-state index contributed by atoms with van der Waals surface area (Å²) in [6.07, 6.45) is 6.91. The van der Waals surface area contributed by atoms with Crippen LogP contribution < -0.4 is 0 Å². The Balaban J connectivity index is 1.20. The van der Waals surface area contributed by atoms with Crippen LogP contribution in [-0.2, 0) is 0 Å². The Morgan fingerprint density at radius 3 is 0.708 bits per heavy atom. The van der Waals surface area contributed by atoms with Crippen molar-refractivity contribution in [3.63, 3.8) is 0 Å². The molecule has 48 heavy (non-hydrogen) atoms. The van der Waals surface area contributed by atoms with Crippen LogP contribution in [0.25, 0.3) is 51.6 Å². The average Bonchev–Trinajstić information content (AvgIpc) is 3.70. The van der Waals surface area contributed by atoms with Crippen LogP contribution in [0.1, 0.15) is 58.2 Å². The molecule has 0 N–H and O–H groups in total. The predicted molar refractivity (Wildman–Crippen MR) is 227 cm³/mol. The second-order valence-electron chi connectivity index (χ2n) is 12.0. The van der Waals surface area contributed by atoms with E-state index in [1.165, 1.54) is 92.2 Å². The van der Waals surface area contributed by atoms with E-state index < -0.39 is 0 Å². The Kier molecular flexibility index (Phi) is 10.4. The van der Waals surface area contributed by atoms with E-state index in [9.17, 15) is 0 Å². The maximum Gasteiger partial charge on any atom is 0.0498 e. The Labute approximate surface area is 311 Å². The van der Waals surface area contributed by atoms with Crippen molar-refractivity contribution in [1.29, 1.82) is 0 Å². The first-order chi connectivity index (χ1) is 23.2. The summed E-state index contributed by atoms with van der Waals surface area (Å²) in [6.45, 7) is 13.2. The molecule has 0 spiro atoms. The molecule has 0 aromatic heterocycles. The molecule has 3 aliphatic rings. The standard InChI is InChI=1S/C42H36S6/c1-25-26(2)44-40(43-25)19-31-7-13-34(14-8-31)37-22-38(35-15-9-32(10-16-35)20-41-45-27(3)28(4)46-41)24-39(23-37)36-17-11-33(12-18-36)21-42-47-29(5)30(6)48-42/h7-24H,1-6H3. The normalized spacial score (nSPS) is 16.5. The third-order valence-corrected chi connectivity index (χ3v) is 16.0. The fourth-order valence-electron chi connectivity index (χ4n) is 5.43. The van der Waals surface area contributed by atoms with Crippen molar-refractivity contribution >= 4 is 88.8 Å². The van der Waals surface area contributed by atoms with Crippen molar-refractivity contribution < 1.29 is 0 Å². The molecule has 0 bridgehead atoms. The van der Waals surface area contributed by atoms with Gasteiger partial charge in [-0.1, -0.05) is 143 Å². The first kappa shape index (κ1) is 33.9. The fraction of sp³-hybridized carbons (Fsp3) is 0.143. The van der Waals surface area contributed by atoms with Crippen LogP contribution in [0.5, 0.6) is 0 Å². The summed E-state index contributed by atoms with van der Waals surface area (Å²) in [5, 5.41) is 0. The van der Waals surface area contributed by atoms with Crippen molar-refractivity contribution in [2.45, 2.75) is 41.5 Å². The van der Waals surface area contributed by atoms with Gasteiger partial charge in [0.05, 0.1) is 0 Å². The fourth-order valence-corrected chi connectivity index (χ4v) is 12.8. The van der Waals surface area contributed by atoms with Crippen LogP contribution in [-0.4, -0.2) is 0 Å². The monoisotopic (exact) mass is 732 g/mol. The Morgan fingerprint density at radius 2 is 0.500 bits per heavy atom. The Hall–Kier alpha value is -2.58. The summed E-state index contributed by atoms with van der Waals surface area (Å²) in [4.78, 5) is 8.41. The summed E-state index contributed by atoms with van der Waals surface area (Å²) < 4.78 is 4.04. The molecular formula is C42H36S6. The number of hydrogen-bond donors (Lipinski definition) is 0. The van der Waals surface area contributed by atoms with Gasteiger partial charge in [0.1, 0.15) is 0 Å². The summed E-state index contributed by atoms with van der Waals surface area (Å²) in [5.74, 6) is 0. The van der Waals surface area contributed by atoms with Gasteiger partial charge in [0.15, 0.2) is 0 Å². The highest BCUT2D eigenvalue weighted by atomic mass is 32.2. The highest BCUT2D eigenvalue weighted by molar-refractivity contribution is 8.29. The number of thioether (sulfide) groups is 6. The van der Waals surface area contributed by atoms with E-state index in [1.807, 2.05) is 70.6 Å². The molecule has 0 nitrogen and oxygen atoms in total. The SMILES string of the molecule is CC1=C(C)SC(=Cc2ccc(-c3cc(-c4ccc(C=C5SC(C)=C(C)S5)cc4)cc(-c4ccc(C=C5SC(C)=C(C)S5)cc4)c3)cc2)S1. The molecule has 0 saturated heterocycles. The first-order valence-corrected chi connectivity index (χ1v) is 20.8. The Bertz CT molecular complexity index is 1790. The van der Waals surface area contributed by atoms with Gasteiger partial charge in [-0.15, -0.1) is 0 Å². The lowest BCUT2D eigenvalue weighted by molar-refractivity contribution is 1.55. The predicted octanol–water partition coefficient (Wildman–Crippen LogP) is 15.8. The highest BCUT2D eigenvalue weighted by Gasteiger charge is 2.16. The van der Waals surface area contributed by atoms with Gasteiger partial charge in [-0.3, -0.25) is 0 Å². The number of hydrogen-bond acceptors (Lipinski definition) is 6. The van der Waals surface area contributed by atoms with Gasteiger partial charge >= 0.3 is 0 Å². The van der Waals surface area contributed by atoms with Gasteiger partial charge in [-0.2, -0.15) is 0 Å². The van der Waals surface area contributed by atoms with E-state index in [0.717, 1.165) is 0 Å². The smallest absolute Gasteiger partial charge is 0.0498 e. The molecule has 0 fully saturated rings. The van der Waals surface area contributed by atoms with Crippen LogP contribution in [0.3, 0.4) is 0 Å². The quantitative estimate of drug-likeness (QED) is 0.192. The first-order valence-electron chi connectivity index (χ1n) is 15.9. The van der Waals surface area contributed by atoms with Crippen LogP contribution in [0, 0.1) is 0 Å². The van der Waals surface area contributed by atoms with Crippen LogP contribution in [0.4, 0.5) is 0 Å². The second-order valence-corrected chi connectivity index (χ2v) is 20.3. The zero-order chi connectivity index (χ0) is 33.4. The molecule has 240 valence electrons. The molecule has 4 aromatic rings. The minimum Gasteiger partial charge on any atom is -0.0866 e. The molecule has 0 saturated carbocycles. The van der Waals surface area contributed by atoms with Gasteiger partial charge in [0.2, 0.25) is 0 Å². The third-order valence-electron chi connectivity index (χ3n) is 8.53. The van der Waals surface area contributed by atoms with E-state index >= 15 is 0 Å². The van der Waals surface area contributed by atoms with Crippen molar-refractivity contribution in [3.05, 3.63) is 150 Å². The lowest BCUT2D eigenvalue weighted by atomic mass is 9.92. The molecule has 6 heteroatoms. The van der Waals surface area contributed by atoms with E-state index in [2.05, 4.69) is 151 Å². The molecule has 3 aliphatic heterocycles.